The molecule has 0 saturated carbocycles. The lowest BCUT2D eigenvalue weighted by molar-refractivity contribution is -0.137. The first-order chi connectivity index (χ1) is 7.47. The molecule has 0 fully saturated rings. The maximum absolute atomic E-state index is 12.4. The predicted molar refractivity (Wildman–Crippen MR) is 56.8 cm³/mol. The first-order valence-electron chi connectivity index (χ1n) is 4.14. The van der Waals surface area contributed by atoms with Crippen molar-refractivity contribution in [1.29, 1.82) is 5.26 Å². The van der Waals surface area contributed by atoms with Gasteiger partial charge >= 0.3 is 6.18 Å². The molecule has 0 N–H and O–H groups in total. The molecule has 0 atom stereocenters. The van der Waals surface area contributed by atoms with E-state index in [4.69, 9.17) is 5.26 Å². The molecule has 1 nitrogen and oxygen atoms in total. The molecular weight excluding hydrogens is 283 g/mol. The van der Waals surface area contributed by atoms with E-state index in [1.165, 1.54) is 6.07 Å². The van der Waals surface area contributed by atoms with E-state index in [0.29, 0.717) is 5.33 Å². The fraction of sp³-hybridized carbons (Fsp3) is 0.182. The Bertz CT molecular complexity index is 489. The molecule has 0 bridgehead atoms. The fourth-order valence-corrected chi connectivity index (χ4v) is 1.20. The molecule has 0 amide bonds. The van der Waals surface area contributed by atoms with Crippen molar-refractivity contribution in [2.24, 2.45) is 0 Å². The van der Waals surface area contributed by atoms with Crippen LogP contribution in [0.1, 0.15) is 16.7 Å². The molecule has 1 aromatic carbocycles. The number of nitrogens with zero attached hydrogens (tertiary/aromatic N) is 1. The van der Waals surface area contributed by atoms with E-state index < -0.39 is 11.7 Å². The molecule has 1 aromatic rings. The highest BCUT2D eigenvalue weighted by Gasteiger charge is 2.31. The largest absolute Gasteiger partial charge is 0.416 e. The second kappa shape index (κ2) is 5.05. The highest BCUT2D eigenvalue weighted by Crippen LogP contribution is 2.30. The standard InChI is InChI=1S/C11H5BrF3N/c12-3-1-2-8-4-9(7-16)6-10(5-8)11(13,14)15/h4-6H,3H2. The molecule has 1 rings (SSSR count). The Morgan fingerprint density at radius 1 is 1.19 bits per heavy atom. The van der Waals surface area contributed by atoms with Crippen molar-refractivity contribution < 1.29 is 13.2 Å². The van der Waals surface area contributed by atoms with Gasteiger partial charge in [0.2, 0.25) is 0 Å². The molecule has 0 heterocycles. The third-order valence-corrected chi connectivity index (χ3v) is 1.97. The third kappa shape index (κ3) is 3.29. The van der Waals surface area contributed by atoms with Crippen LogP contribution in [0.4, 0.5) is 13.2 Å². The summed E-state index contributed by atoms with van der Waals surface area (Å²) in [7, 11) is 0. The topological polar surface area (TPSA) is 23.8 Å². The fourth-order valence-electron chi connectivity index (χ4n) is 1.06. The Kier molecular flexibility index (Phi) is 3.98. The molecule has 82 valence electrons. The van der Waals surface area contributed by atoms with Gasteiger partial charge in [-0.25, -0.2) is 0 Å². The van der Waals surface area contributed by atoms with E-state index in [-0.39, 0.29) is 11.1 Å². The summed E-state index contributed by atoms with van der Waals surface area (Å²) in [6.45, 7) is 0. The molecule has 0 aliphatic rings. The van der Waals surface area contributed by atoms with Crippen LogP contribution in [0.25, 0.3) is 0 Å². The van der Waals surface area contributed by atoms with Crippen LogP contribution in [0, 0.1) is 23.2 Å². The maximum atomic E-state index is 12.4. The minimum absolute atomic E-state index is 0.0475. The van der Waals surface area contributed by atoms with Crippen molar-refractivity contribution in [3.05, 3.63) is 34.9 Å². The molecule has 0 radical (unpaired) electrons. The van der Waals surface area contributed by atoms with E-state index in [9.17, 15) is 13.2 Å². The second-order valence-corrected chi connectivity index (χ2v) is 3.40. The summed E-state index contributed by atoms with van der Waals surface area (Å²) in [5.41, 5.74) is -0.718. The Labute approximate surface area is 99.0 Å². The molecule has 0 spiro atoms. The zero-order chi connectivity index (χ0) is 12.2. The quantitative estimate of drug-likeness (QED) is 0.530. The monoisotopic (exact) mass is 287 g/mol. The van der Waals surface area contributed by atoms with Crippen molar-refractivity contribution >= 4 is 15.9 Å². The van der Waals surface area contributed by atoms with Crippen molar-refractivity contribution in [3.63, 3.8) is 0 Å². The molecule has 0 aliphatic heterocycles. The van der Waals surface area contributed by atoms with Gasteiger partial charge < -0.3 is 0 Å². The van der Waals surface area contributed by atoms with Gasteiger partial charge in [-0.15, -0.1) is 0 Å². The molecule has 0 aromatic heterocycles. The Morgan fingerprint density at radius 2 is 1.81 bits per heavy atom. The van der Waals surface area contributed by atoms with Crippen LogP contribution in [-0.2, 0) is 6.18 Å². The number of hydrogen-bond acceptors (Lipinski definition) is 1. The summed E-state index contributed by atoms with van der Waals surface area (Å²) < 4.78 is 37.3. The zero-order valence-electron chi connectivity index (χ0n) is 7.90. The van der Waals surface area contributed by atoms with Crippen LogP contribution in [0.5, 0.6) is 0 Å². The molecule has 5 heteroatoms. The van der Waals surface area contributed by atoms with Gasteiger partial charge in [-0.05, 0) is 18.2 Å². The van der Waals surface area contributed by atoms with Crippen molar-refractivity contribution in [3.8, 4) is 17.9 Å². The van der Waals surface area contributed by atoms with Crippen LogP contribution < -0.4 is 0 Å². The van der Waals surface area contributed by atoms with E-state index in [1.54, 1.807) is 6.07 Å². The number of halogens is 4. The summed E-state index contributed by atoms with van der Waals surface area (Å²) in [4.78, 5) is 0. The van der Waals surface area contributed by atoms with E-state index in [0.717, 1.165) is 12.1 Å². The van der Waals surface area contributed by atoms with Gasteiger partial charge in [0.05, 0.1) is 22.5 Å². The number of hydrogen-bond donors (Lipinski definition) is 0. The Hall–Kier alpha value is -1.46. The van der Waals surface area contributed by atoms with E-state index >= 15 is 0 Å². The molecule has 0 aliphatic carbocycles. The lowest BCUT2D eigenvalue weighted by Gasteiger charge is -2.07. The highest BCUT2D eigenvalue weighted by molar-refractivity contribution is 9.09. The van der Waals surface area contributed by atoms with Gasteiger partial charge in [0, 0.05) is 5.56 Å². The lowest BCUT2D eigenvalue weighted by atomic mass is 10.1. The maximum Gasteiger partial charge on any atom is 0.416 e. The van der Waals surface area contributed by atoms with Crippen LogP contribution in [0.15, 0.2) is 18.2 Å². The van der Waals surface area contributed by atoms with Gasteiger partial charge in [0.25, 0.3) is 0 Å². The van der Waals surface area contributed by atoms with Gasteiger partial charge in [-0.3, -0.25) is 0 Å². The SMILES string of the molecule is N#Cc1cc(C#CCBr)cc(C(F)(F)F)c1. The Balaban J connectivity index is 3.28. The van der Waals surface area contributed by atoms with E-state index in [2.05, 4.69) is 27.8 Å². The third-order valence-electron chi connectivity index (χ3n) is 1.69. The van der Waals surface area contributed by atoms with Gasteiger partial charge in [-0.2, -0.15) is 18.4 Å². The first kappa shape index (κ1) is 12.6. The van der Waals surface area contributed by atoms with Crippen molar-refractivity contribution in [2.75, 3.05) is 5.33 Å². The van der Waals surface area contributed by atoms with Crippen LogP contribution in [0.3, 0.4) is 0 Å². The molecule has 0 saturated heterocycles. The molecule has 16 heavy (non-hydrogen) atoms. The van der Waals surface area contributed by atoms with Crippen molar-refractivity contribution in [2.45, 2.75) is 6.18 Å². The van der Waals surface area contributed by atoms with E-state index in [1.807, 2.05) is 0 Å². The smallest absolute Gasteiger partial charge is 0.192 e. The first-order valence-corrected chi connectivity index (χ1v) is 5.26. The summed E-state index contributed by atoms with van der Waals surface area (Å²) in [6.07, 6.45) is -4.46. The minimum Gasteiger partial charge on any atom is -0.192 e. The van der Waals surface area contributed by atoms with Gasteiger partial charge in [-0.1, -0.05) is 27.8 Å². The highest BCUT2D eigenvalue weighted by atomic mass is 79.9. The second-order valence-electron chi connectivity index (χ2n) is 2.84. The van der Waals surface area contributed by atoms with Crippen LogP contribution >= 0.6 is 15.9 Å². The molecule has 0 unspecified atom stereocenters. The molecular formula is C11H5BrF3N. The normalized spacial score (nSPS) is 10.2. The number of nitriles is 1. The lowest BCUT2D eigenvalue weighted by Crippen LogP contribution is -2.05. The number of benzene rings is 1. The van der Waals surface area contributed by atoms with Gasteiger partial charge in [0.15, 0.2) is 0 Å². The summed E-state index contributed by atoms with van der Waals surface area (Å²) in [5, 5.41) is 8.97. The minimum atomic E-state index is -4.46. The number of rotatable bonds is 0. The zero-order valence-corrected chi connectivity index (χ0v) is 9.48. The Morgan fingerprint density at radius 3 is 2.31 bits per heavy atom. The van der Waals surface area contributed by atoms with Crippen LogP contribution in [0.2, 0.25) is 0 Å². The van der Waals surface area contributed by atoms with Gasteiger partial charge in [0.1, 0.15) is 0 Å². The summed E-state index contributed by atoms with van der Waals surface area (Å²) in [6, 6.07) is 4.73. The summed E-state index contributed by atoms with van der Waals surface area (Å²) >= 11 is 3.04. The van der Waals surface area contributed by atoms with Crippen molar-refractivity contribution in [1.82, 2.24) is 0 Å². The van der Waals surface area contributed by atoms with Crippen LogP contribution in [-0.4, -0.2) is 5.33 Å². The average Bonchev–Trinajstić information content (AvgIpc) is 2.24. The average molecular weight is 288 g/mol. The number of alkyl halides is 4. The predicted octanol–water partition coefficient (Wildman–Crippen LogP) is 3.32. The summed E-state index contributed by atoms with van der Waals surface area (Å²) in [5.74, 6) is 5.12.